The van der Waals surface area contributed by atoms with Gasteiger partial charge in [0.25, 0.3) is 11.8 Å². The van der Waals surface area contributed by atoms with Gasteiger partial charge < -0.3 is 25.2 Å². The van der Waals surface area contributed by atoms with Gasteiger partial charge in [-0.25, -0.2) is 4.79 Å². The lowest BCUT2D eigenvalue weighted by Gasteiger charge is -2.30. The molecule has 3 N–H and O–H groups in total. The summed E-state index contributed by atoms with van der Waals surface area (Å²) in [5.41, 5.74) is 0.00400. The molecule has 0 spiro atoms. The summed E-state index contributed by atoms with van der Waals surface area (Å²) in [6, 6.07) is 12.1. The summed E-state index contributed by atoms with van der Waals surface area (Å²) < 4.78 is 10.3. The minimum Gasteiger partial charge on any atom is -0.508 e. The molecule has 0 saturated heterocycles. The van der Waals surface area contributed by atoms with Gasteiger partial charge in [-0.3, -0.25) is 14.5 Å². The number of thiol groups is 1. The van der Waals surface area contributed by atoms with Gasteiger partial charge in [-0.05, 0) is 62.7 Å². The van der Waals surface area contributed by atoms with Crippen LogP contribution in [0.15, 0.2) is 48.5 Å². The fourth-order valence-electron chi connectivity index (χ4n) is 3.03. The topological polar surface area (TPSA) is 117 Å². The van der Waals surface area contributed by atoms with E-state index in [-0.39, 0.29) is 11.5 Å². The van der Waals surface area contributed by atoms with Crippen LogP contribution in [0.25, 0.3) is 0 Å². The standard InChI is InChI=1S/C25H29N3O6S/c1-6-28(23(31)20(15-35)27-24(32)34-25(2,3)4)21(16-7-11-18(29)12-8-16)22(30)26-17-9-13-19(33-5)14-10-17/h1,7-14,20-21,29,35H,15H2,2-5H3,(H,26,30)(H,27,32). The number of rotatable bonds is 8. The van der Waals surface area contributed by atoms with Crippen molar-refractivity contribution in [2.24, 2.45) is 0 Å². The Kier molecular flexibility index (Phi) is 9.42. The molecule has 0 bridgehead atoms. The van der Waals surface area contributed by atoms with E-state index in [1.807, 2.05) is 0 Å². The van der Waals surface area contributed by atoms with Crippen molar-refractivity contribution in [3.63, 3.8) is 0 Å². The van der Waals surface area contributed by atoms with Crippen molar-refractivity contribution >= 4 is 36.2 Å². The van der Waals surface area contributed by atoms with E-state index >= 15 is 0 Å². The van der Waals surface area contributed by atoms with E-state index in [1.165, 1.54) is 31.4 Å². The lowest BCUT2D eigenvalue weighted by atomic mass is 10.0. The number of methoxy groups -OCH3 is 1. The van der Waals surface area contributed by atoms with E-state index in [0.717, 1.165) is 4.90 Å². The van der Waals surface area contributed by atoms with Gasteiger partial charge in [-0.2, -0.15) is 12.6 Å². The Bertz CT molecular complexity index is 1070. The number of phenols is 1. The van der Waals surface area contributed by atoms with Crippen LogP contribution >= 0.6 is 12.6 Å². The van der Waals surface area contributed by atoms with Crippen molar-refractivity contribution < 1.29 is 29.0 Å². The Morgan fingerprint density at radius 1 is 1.11 bits per heavy atom. The summed E-state index contributed by atoms with van der Waals surface area (Å²) in [4.78, 5) is 39.8. The first-order valence-corrected chi connectivity index (χ1v) is 11.3. The molecule has 0 aliphatic heterocycles. The van der Waals surface area contributed by atoms with Crippen LogP contribution in [-0.4, -0.2) is 52.4 Å². The molecule has 2 rings (SSSR count). The summed E-state index contributed by atoms with van der Waals surface area (Å²) in [6.07, 6.45) is 4.85. The Balaban J connectivity index is 2.37. The lowest BCUT2D eigenvalue weighted by Crippen LogP contribution is -2.51. The van der Waals surface area contributed by atoms with E-state index < -0.39 is 35.6 Å². The predicted octanol–water partition coefficient (Wildman–Crippen LogP) is 3.32. The molecule has 3 amide bonds. The number of nitrogens with one attached hydrogen (secondary N) is 2. The molecule has 35 heavy (non-hydrogen) atoms. The molecule has 0 saturated carbocycles. The molecule has 2 unspecified atom stereocenters. The average molecular weight is 500 g/mol. The quantitative estimate of drug-likeness (QED) is 0.252. The van der Waals surface area contributed by atoms with Gasteiger partial charge >= 0.3 is 6.09 Å². The summed E-state index contributed by atoms with van der Waals surface area (Å²) in [6.45, 7) is 5.05. The Morgan fingerprint density at radius 3 is 2.20 bits per heavy atom. The Morgan fingerprint density at radius 2 is 1.71 bits per heavy atom. The summed E-state index contributed by atoms with van der Waals surface area (Å²) in [7, 11) is 1.52. The van der Waals surface area contributed by atoms with Gasteiger partial charge in [0.05, 0.1) is 7.11 Å². The van der Waals surface area contributed by atoms with Crippen LogP contribution in [0, 0.1) is 12.5 Å². The number of anilines is 1. The molecule has 2 aromatic carbocycles. The molecule has 9 nitrogen and oxygen atoms in total. The molecule has 0 aromatic heterocycles. The number of amides is 3. The van der Waals surface area contributed by atoms with Gasteiger partial charge in [0.2, 0.25) is 0 Å². The number of ether oxygens (including phenoxy) is 2. The number of carbonyl (C=O) groups is 3. The first-order chi connectivity index (χ1) is 16.5. The molecule has 186 valence electrons. The molecular weight excluding hydrogens is 470 g/mol. The van der Waals surface area contributed by atoms with Crippen molar-refractivity contribution in [3.8, 4) is 24.0 Å². The number of terminal acetylenes is 1. The largest absolute Gasteiger partial charge is 0.508 e. The second-order valence-electron chi connectivity index (χ2n) is 8.43. The first kappa shape index (κ1) is 27.4. The summed E-state index contributed by atoms with van der Waals surface area (Å²) in [5, 5.41) is 14.9. The molecule has 2 atom stereocenters. The lowest BCUT2D eigenvalue weighted by molar-refractivity contribution is -0.136. The highest BCUT2D eigenvalue weighted by Crippen LogP contribution is 2.26. The molecule has 10 heteroatoms. The van der Waals surface area contributed by atoms with Crippen LogP contribution in [0.1, 0.15) is 32.4 Å². The highest BCUT2D eigenvalue weighted by Gasteiger charge is 2.35. The maximum Gasteiger partial charge on any atom is 0.408 e. The monoisotopic (exact) mass is 499 g/mol. The molecule has 2 aromatic rings. The molecular formula is C25H29N3O6S. The number of hydrogen-bond donors (Lipinski definition) is 4. The number of alkyl carbamates (subject to hydrolysis) is 1. The van der Waals surface area contributed by atoms with Crippen LogP contribution < -0.4 is 15.4 Å². The number of nitrogens with zero attached hydrogens (tertiary/aromatic N) is 1. The van der Waals surface area contributed by atoms with Crippen molar-refractivity contribution in [3.05, 3.63) is 54.1 Å². The maximum absolute atomic E-state index is 13.4. The third-order valence-electron chi connectivity index (χ3n) is 4.62. The minimum atomic E-state index is -1.28. The highest BCUT2D eigenvalue weighted by molar-refractivity contribution is 7.80. The smallest absolute Gasteiger partial charge is 0.408 e. The third kappa shape index (κ3) is 7.86. The molecule has 0 heterocycles. The molecule has 0 aliphatic rings. The zero-order valence-electron chi connectivity index (χ0n) is 19.9. The fourth-order valence-corrected chi connectivity index (χ4v) is 3.28. The predicted molar refractivity (Wildman–Crippen MR) is 135 cm³/mol. The number of benzene rings is 2. The van der Waals surface area contributed by atoms with Gasteiger partial charge in [-0.1, -0.05) is 18.6 Å². The van der Waals surface area contributed by atoms with Crippen LogP contribution in [-0.2, 0) is 14.3 Å². The molecule has 0 radical (unpaired) electrons. The van der Waals surface area contributed by atoms with Gasteiger partial charge in [0.15, 0.2) is 0 Å². The van der Waals surface area contributed by atoms with Crippen molar-refractivity contribution in [2.75, 3.05) is 18.2 Å². The number of carbonyl (C=O) groups excluding carboxylic acids is 3. The molecule has 0 fully saturated rings. The average Bonchev–Trinajstić information content (AvgIpc) is 2.80. The normalized spacial score (nSPS) is 12.5. The van der Waals surface area contributed by atoms with E-state index in [2.05, 4.69) is 29.3 Å². The van der Waals surface area contributed by atoms with Crippen molar-refractivity contribution in [1.82, 2.24) is 10.2 Å². The van der Waals surface area contributed by atoms with Crippen LogP contribution in [0.2, 0.25) is 0 Å². The minimum absolute atomic E-state index is 0.0264. The second-order valence-corrected chi connectivity index (χ2v) is 8.80. The third-order valence-corrected chi connectivity index (χ3v) is 4.99. The first-order valence-electron chi connectivity index (χ1n) is 10.6. The Hall–Kier alpha value is -3.84. The van der Waals surface area contributed by atoms with Gasteiger partial charge in [0.1, 0.15) is 29.2 Å². The number of phenolic OH excluding ortho intramolecular Hbond substituents is 1. The van der Waals surface area contributed by atoms with Crippen molar-refractivity contribution in [2.45, 2.75) is 38.5 Å². The van der Waals surface area contributed by atoms with Gasteiger partial charge in [-0.15, -0.1) is 0 Å². The van der Waals surface area contributed by atoms with Crippen LogP contribution in [0.3, 0.4) is 0 Å². The number of hydrogen-bond acceptors (Lipinski definition) is 7. The van der Waals surface area contributed by atoms with Crippen molar-refractivity contribution in [1.29, 1.82) is 0 Å². The molecule has 0 aliphatic carbocycles. The van der Waals surface area contributed by atoms with E-state index in [9.17, 15) is 19.5 Å². The fraction of sp³-hybridized carbons (Fsp3) is 0.320. The summed E-state index contributed by atoms with van der Waals surface area (Å²) in [5.74, 6) is -0.873. The van der Waals surface area contributed by atoms with Crippen LogP contribution in [0.4, 0.5) is 10.5 Å². The summed E-state index contributed by atoms with van der Waals surface area (Å²) >= 11 is 4.16. The Labute approximate surface area is 210 Å². The van der Waals surface area contributed by atoms with E-state index in [0.29, 0.717) is 17.0 Å². The zero-order valence-corrected chi connectivity index (χ0v) is 20.8. The maximum atomic E-state index is 13.4. The zero-order chi connectivity index (χ0) is 26.2. The highest BCUT2D eigenvalue weighted by atomic mass is 32.1. The second kappa shape index (κ2) is 12.0. The van der Waals surface area contributed by atoms with E-state index in [4.69, 9.17) is 15.9 Å². The SMILES string of the molecule is C#CN(C(=O)C(CS)NC(=O)OC(C)(C)C)C(C(=O)Nc1ccc(OC)cc1)c1ccc(O)cc1. The van der Waals surface area contributed by atoms with Gasteiger partial charge in [0, 0.05) is 17.5 Å². The number of aromatic hydroxyl groups is 1. The van der Waals surface area contributed by atoms with E-state index in [1.54, 1.807) is 45.0 Å². The van der Waals surface area contributed by atoms with Crippen LogP contribution in [0.5, 0.6) is 11.5 Å².